The van der Waals surface area contributed by atoms with E-state index in [2.05, 4.69) is 5.32 Å². The molecule has 16 heavy (non-hydrogen) atoms. The fraction of sp³-hybridized carbons (Fsp3) is 0.273. The largest absolute Gasteiger partial charge is 0.548 e. The normalized spacial score (nSPS) is 11.6. The highest BCUT2D eigenvalue weighted by Crippen LogP contribution is 2.00. The first-order valence-corrected chi connectivity index (χ1v) is 4.77. The summed E-state index contributed by atoms with van der Waals surface area (Å²) < 4.78 is 4.81. The van der Waals surface area contributed by atoms with Crippen LogP contribution in [0.3, 0.4) is 0 Å². The molecule has 0 aromatic heterocycles. The lowest BCUT2D eigenvalue weighted by atomic mass is 10.2. The van der Waals surface area contributed by atoms with Gasteiger partial charge in [-0.25, -0.2) is 4.79 Å². The van der Waals surface area contributed by atoms with Crippen molar-refractivity contribution in [3.63, 3.8) is 0 Å². The van der Waals surface area contributed by atoms with E-state index in [1.54, 1.807) is 12.1 Å². The van der Waals surface area contributed by atoms with Gasteiger partial charge in [0, 0.05) is 0 Å². The van der Waals surface area contributed by atoms with Crippen LogP contribution in [0.2, 0.25) is 0 Å². The van der Waals surface area contributed by atoms with Gasteiger partial charge in [0.2, 0.25) is 0 Å². The van der Waals surface area contributed by atoms with Crippen LogP contribution in [-0.2, 0) is 16.1 Å². The second-order valence-corrected chi connectivity index (χ2v) is 3.25. The fourth-order valence-electron chi connectivity index (χ4n) is 1.00. The Morgan fingerprint density at radius 3 is 2.56 bits per heavy atom. The van der Waals surface area contributed by atoms with Crippen LogP contribution in [0, 0.1) is 0 Å². The van der Waals surface area contributed by atoms with Gasteiger partial charge in [0.1, 0.15) is 6.61 Å². The molecule has 0 fully saturated rings. The quantitative estimate of drug-likeness (QED) is 0.780. The number of benzene rings is 1. The molecule has 0 spiro atoms. The second kappa shape index (κ2) is 5.75. The Morgan fingerprint density at radius 2 is 2.00 bits per heavy atom. The zero-order valence-electron chi connectivity index (χ0n) is 8.80. The Morgan fingerprint density at radius 1 is 1.38 bits per heavy atom. The Balaban J connectivity index is 2.33. The number of alkyl carbamates (subject to hydrolysis) is 1. The van der Waals surface area contributed by atoms with E-state index >= 15 is 0 Å². The second-order valence-electron chi connectivity index (χ2n) is 3.25. The molecule has 86 valence electrons. The third-order valence-electron chi connectivity index (χ3n) is 1.90. The lowest BCUT2D eigenvalue weighted by Crippen LogP contribution is -2.46. The predicted molar refractivity (Wildman–Crippen MR) is 54.2 cm³/mol. The highest BCUT2D eigenvalue weighted by Gasteiger charge is 2.08. The van der Waals surface area contributed by atoms with Gasteiger partial charge in [-0.1, -0.05) is 30.3 Å². The minimum atomic E-state index is -1.35. The Kier molecular flexibility index (Phi) is 4.32. The van der Waals surface area contributed by atoms with Gasteiger partial charge in [-0.15, -0.1) is 0 Å². The van der Waals surface area contributed by atoms with Gasteiger partial charge in [0.05, 0.1) is 12.0 Å². The monoisotopic (exact) mass is 222 g/mol. The molecule has 0 bridgehead atoms. The van der Waals surface area contributed by atoms with Crippen molar-refractivity contribution in [2.45, 2.75) is 19.6 Å². The maximum absolute atomic E-state index is 11.1. The standard InChI is InChI=1S/C11H13NO4/c1-8(10(13)14)12-11(15)16-7-9-5-3-2-4-6-9/h2-6,8H,7H2,1H3,(H,12,15)(H,13,14)/p-1/t8-/m0/s1. The molecule has 1 atom stereocenters. The van der Waals surface area contributed by atoms with E-state index in [4.69, 9.17) is 4.74 Å². The van der Waals surface area contributed by atoms with E-state index in [0.717, 1.165) is 5.56 Å². The first-order valence-electron chi connectivity index (χ1n) is 4.77. The highest BCUT2D eigenvalue weighted by molar-refractivity contribution is 5.78. The molecule has 0 aliphatic rings. The van der Waals surface area contributed by atoms with Crippen molar-refractivity contribution < 1.29 is 19.4 Å². The number of hydrogen-bond acceptors (Lipinski definition) is 4. The fourth-order valence-corrected chi connectivity index (χ4v) is 1.00. The lowest BCUT2D eigenvalue weighted by Gasteiger charge is -2.14. The van der Waals surface area contributed by atoms with Gasteiger partial charge in [0.25, 0.3) is 0 Å². The maximum Gasteiger partial charge on any atom is 0.407 e. The smallest absolute Gasteiger partial charge is 0.407 e. The number of carbonyl (C=O) groups is 2. The van der Waals surface area contributed by atoms with Crippen molar-refractivity contribution in [1.82, 2.24) is 5.32 Å². The van der Waals surface area contributed by atoms with E-state index in [0.29, 0.717) is 0 Å². The number of carboxylic acids is 1. The van der Waals surface area contributed by atoms with Crippen molar-refractivity contribution in [3.05, 3.63) is 35.9 Å². The van der Waals surface area contributed by atoms with Crippen molar-refractivity contribution in [3.8, 4) is 0 Å². The molecule has 5 heteroatoms. The molecule has 0 aliphatic carbocycles. The summed E-state index contributed by atoms with van der Waals surface area (Å²) in [4.78, 5) is 21.4. The molecular formula is C11H12NO4-. The molecule has 0 unspecified atom stereocenters. The molecule has 0 heterocycles. The Bertz CT molecular complexity index is 364. The molecule has 0 saturated heterocycles. The van der Waals surface area contributed by atoms with E-state index in [1.807, 2.05) is 18.2 Å². The number of amides is 1. The zero-order chi connectivity index (χ0) is 12.0. The summed E-state index contributed by atoms with van der Waals surface area (Å²) in [5, 5.41) is 12.5. The summed E-state index contributed by atoms with van der Waals surface area (Å²) in [5.74, 6) is -1.35. The molecule has 0 aliphatic heterocycles. The van der Waals surface area contributed by atoms with Crippen molar-refractivity contribution in [1.29, 1.82) is 0 Å². The average Bonchev–Trinajstić information content (AvgIpc) is 2.27. The highest BCUT2D eigenvalue weighted by atomic mass is 16.5. The first kappa shape index (κ1) is 12.0. The number of nitrogens with one attached hydrogen (secondary N) is 1. The van der Waals surface area contributed by atoms with Crippen molar-refractivity contribution >= 4 is 12.1 Å². The van der Waals surface area contributed by atoms with Crippen LogP contribution in [0.25, 0.3) is 0 Å². The maximum atomic E-state index is 11.1. The molecule has 1 aromatic rings. The van der Waals surface area contributed by atoms with E-state index in [1.165, 1.54) is 6.92 Å². The van der Waals surface area contributed by atoms with Crippen LogP contribution in [-0.4, -0.2) is 18.1 Å². The van der Waals surface area contributed by atoms with Gasteiger partial charge < -0.3 is 20.0 Å². The third-order valence-corrected chi connectivity index (χ3v) is 1.90. The zero-order valence-corrected chi connectivity index (χ0v) is 8.80. The lowest BCUT2D eigenvalue weighted by molar-refractivity contribution is -0.307. The molecule has 1 N–H and O–H groups in total. The molecule has 0 radical (unpaired) electrons. The molecule has 5 nitrogen and oxygen atoms in total. The van der Waals surface area contributed by atoms with Gasteiger partial charge in [0.15, 0.2) is 0 Å². The number of aliphatic carboxylic acids is 1. The van der Waals surface area contributed by atoms with Crippen molar-refractivity contribution in [2.75, 3.05) is 0 Å². The van der Waals surface area contributed by atoms with Crippen LogP contribution in [0.1, 0.15) is 12.5 Å². The third kappa shape index (κ3) is 4.00. The Labute approximate surface area is 93.0 Å². The van der Waals surface area contributed by atoms with Crippen LogP contribution in [0.4, 0.5) is 4.79 Å². The van der Waals surface area contributed by atoms with Gasteiger partial charge in [-0.3, -0.25) is 0 Å². The van der Waals surface area contributed by atoms with E-state index in [-0.39, 0.29) is 6.61 Å². The predicted octanol–water partition coefficient (Wildman–Crippen LogP) is 0.0512. The summed E-state index contributed by atoms with van der Waals surface area (Å²) in [6.45, 7) is 1.41. The number of hydrogen-bond donors (Lipinski definition) is 1. The summed E-state index contributed by atoms with van der Waals surface area (Å²) in [7, 11) is 0. The van der Waals surface area contributed by atoms with Gasteiger partial charge in [-0.05, 0) is 12.5 Å². The minimum Gasteiger partial charge on any atom is -0.548 e. The minimum absolute atomic E-state index is 0.104. The Hall–Kier alpha value is -2.04. The van der Waals surface area contributed by atoms with E-state index < -0.39 is 18.1 Å². The molecule has 1 amide bonds. The first-order chi connectivity index (χ1) is 7.59. The van der Waals surface area contributed by atoms with Gasteiger partial charge in [-0.2, -0.15) is 0 Å². The van der Waals surface area contributed by atoms with Crippen LogP contribution in [0.5, 0.6) is 0 Å². The van der Waals surface area contributed by atoms with Gasteiger partial charge >= 0.3 is 6.09 Å². The average molecular weight is 222 g/mol. The summed E-state index contributed by atoms with van der Waals surface area (Å²) in [5.41, 5.74) is 0.832. The topological polar surface area (TPSA) is 78.5 Å². The SMILES string of the molecule is C[C@H](NC(=O)OCc1ccccc1)C(=O)[O-]. The molecule has 0 saturated carbocycles. The summed E-state index contributed by atoms with van der Waals surface area (Å²) in [6, 6.07) is 8.02. The summed E-state index contributed by atoms with van der Waals surface area (Å²) >= 11 is 0. The van der Waals surface area contributed by atoms with Crippen LogP contribution in [0.15, 0.2) is 30.3 Å². The molecule has 1 rings (SSSR count). The summed E-state index contributed by atoms with van der Waals surface area (Å²) in [6.07, 6.45) is -0.777. The molecule has 1 aromatic carbocycles. The van der Waals surface area contributed by atoms with Crippen LogP contribution < -0.4 is 10.4 Å². The molecular weight excluding hydrogens is 210 g/mol. The number of carboxylic acid groups (broad SMARTS) is 1. The number of ether oxygens (including phenoxy) is 1. The van der Waals surface area contributed by atoms with Crippen LogP contribution >= 0.6 is 0 Å². The number of rotatable bonds is 4. The van der Waals surface area contributed by atoms with Crippen molar-refractivity contribution in [2.24, 2.45) is 0 Å². The number of carbonyl (C=O) groups excluding carboxylic acids is 2. The van der Waals surface area contributed by atoms with E-state index in [9.17, 15) is 14.7 Å².